The number of hydrogen-bond donors (Lipinski definition) is 6. The summed E-state index contributed by atoms with van der Waals surface area (Å²) in [4.78, 5) is 11.5. The number of carbonyl (C=O) groups is 1. The Balaban J connectivity index is 1.20. The Kier molecular flexibility index (Phi) is 9.87. The summed E-state index contributed by atoms with van der Waals surface area (Å²) in [5.74, 6) is -0.225. The Labute approximate surface area is 242 Å². The SMILES string of the molecule is CC(=O)Nc1cc(CO[C@@H]2O[C@H](CO)[C@@H](O[C@H]3O[C@@H]4COC(c5ccccc5)O[C@H]4[C@H](O)[C@H]3O)[C@H](O)[C@H]2O)ccc1C. The Bertz CT molecular complexity index is 1200. The third kappa shape index (κ3) is 6.67. The van der Waals surface area contributed by atoms with Crippen LogP contribution in [-0.4, -0.2) is 106 Å². The monoisotopic (exact) mass is 591 g/mol. The van der Waals surface area contributed by atoms with Crippen LogP contribution in [0.4, 0.5) is 5.69 Å². The molecule has 230 valence electrons. The first kappa shape index (κ1) is 30.9. The summed E-state index contributed by atoms with van der Waals surface area (Å²) in [7, 11) is 0. The van der Waals surface area contributed by atoms with Crippen molar-refractivity contribution >= 4 is 11.6 Å². The van der Waals surface area contributed by atoms with Gasteiger partial charge in [0.1, 0.15) is 48.8 Å². The van der Waals surface area contributed by atoms with Crippen LogP contribution in [0.5, 0.6) is 0 Å². The minimum absolute atomic E-state index is 0.0300. The topological polar surface area (TPSA) is 186 Å². The predicted molar refractivity (Wildman–Crippen MR) is 144 cm³/mol. The average molecular weight is 592 g/mol. The number of aliphatic hydroxyl groups is 5. The molecular formula is C29H37NO12. The summed E-state index contributed by atoms with van der Waals surface area (Å²) in [6.45, 7) is 2.62. The fraction of sp³-hybridized carbons (Fsp3) is 0.552. The lowest BCUT2D eigenvalue weighted by atomic mass is 9.96. The molecule has 0 spiro atoms. The molecule has 3 aliphatic heterocycles. The van der Waals surface area contributed by atoms with Gasteiger partial charge in [0.15, 0.2) is 18.9 Å². The summed E-state index contributed by atoms with van der Waals surface area (Å²) >= 11 is 0. The van der Waals surface area contributed by atoms with Gasteiger partial charge in [-0.25, -0.2) is 0 Å². The zero-order valence-electron chi connectivity index (χ0n) is 23.2. The van der Waals surface area contributed by atoms with Gasteiger partial charge in [-0.3, -0.25) is 4.79 Å². The van der Waals surface area contributed by atoms with Crippen LogP contribution in [0.15, 0.2) is 48.5 Å². The Morgan fingerprint density at radius 3 is 2.40 bits per heavy atom. The van der Waals surface area contributed by atoms with Gasteiger partial charge in [-0.15, -0.1) is 0 Å². The molecule has 1 amide bonds. The van der Waals surface area contributed by atoms with E-state index in [-0.39, 0.29) is 19.1 Å². The van der Waals surface area contributed by atoms with Crippen LogP contribution in [0.25, 0.3) is 0 Å². The van der Waals surface area contributed by atoms with Crippen molar-refractivity contribution in [1.82, 2.24) is 0 Å². The largest absolute Gasteiger partial charge is 0.394 e. The van der Waals surface area contributed by atoms with Gasteiger partial charge in [-0.2, -0.15) is 0 Å². The van der Waals surface area contributed by atoms with E-state index in [2.05, 4.69) is 5.32 Å². The molecule has 2 aromatic rings. The molecule has 13 heteroatoms. The van der Waals surface area contributed by atoms with Crippen molar-refractivity contribution in [2.45, 2.75) is 88.2 Å². The van der Waals surface area contributed by atoms with Crippen LogP contribution in [-0.2, 0) is 39.8 Å². The molecule has 3 fully saturated rings. The maximum Gasteiger partial charge on any atom is 0.221 e. The van der Waals surface area contributed by atoms with Crippen molar-refractivity contribution in [3.8, 4) is 0 Å². The number of nitrogens with one attached hydrogen (secondary N) is 1. The maximum atomic E-state index is 11.5. The summed E-state index contributed by atoms with van der Waals surface area (Å²) in [5, 5.41) is 56.1. The fourth-order valence-electron chi connectivity index (χ4n) is 5.24. The number of aryl methyl sites for hydroxylation is 1. The van der Waals surface area contributed by atoms with Crippen LogP contribution in [0.1, 0.15) is 29.9 Å². The molecule has 42 heavy (non-hydrogen) atoms. The molecular weight excluding hydrogens is 554 g/mol. The third-order valence-electron chi connectivity index (χ3n) is 7.54. The zero-order chi connectivity index (χ0) is 30.0. The summed E-state index contributed by atoms with van der Waals surface area (Å²) in [6.07, 6.45) is -14.0. The molecule has 3 aliphatic rings. The first-order valence-corrected chi connectivity index (χ1v) is 13.8. The second kappa shape index (κ2) is 13.4. The van der Waals surface area contributed by atoms with E-state index in [0.717, 1.165) is 11.1 Å². The lowest BCUT2D eigenvalue weighted by Gasteiger charge is -2.48. The van der Waals surface area contributed by atoms with Crippen molar-refractivity contribution in [2.75, 3.05) is 18.5 Å². The lowest BCUT2D eigenvalue weighted by Crippen LogP contribution is -2.65. The van der Waals surface area contributed by atoms with Gasteiger partial charge in [0, 0.05) is 18.2 Å². The van der Waals surface area contributed by atoms with Gasteiger partial charge in [-0.1, -0.05) is 42.5 Å². The number of benzene rings is 2. The van der Waals surface area contributed by atoms with E-state index < -0.39 is 74.3 Å². The van der Waals surface area contributed by atoms with E-state index >= 15 is 0 Å². The standard InChI is InChI=1S/C29H37NO12/c1-14-8-9-16(10-18(14)30-15(2)32)12-37-28-23(35)21(33)25(19(11-31)39-28)42-29-24(36)22(34)26-20(40-29)13-38-27(41-26)17-6-4-3-5-7-17/h3-10,19-29,31,33-36H,11-13H2,1-2H3,(H,30,32)/t19-,20-,21-,22-,23-,24-,25-,26-,27?,28-,29-/m1/s1. The molecule has 3 saturated heterocycles. The van der Waals surface area contributed by atoms with Crippen LogP contribution < -0.4 is 5.32 Å². The molecule has 1 unspecified atom stereocenters. The van der Waals surface area contributed by atoms with Crippen molar-refractivity contribution in [3.63, 3.8) is 0 Å². The van der Waals surface area contributed by atoms with E-state index in [9.17, 15) is 30.3 Å². The third-order valence-corrected chi connectivity index (χ3v) is 7.54. The Hall–Kier alpha value is -2.53. The molecule has 0 saturated carbocycles. The smallest absolute Gasteiger partial charge is 0.221 e. The fourth-order valence-corrected chi connectivity index (χ4v) is 5.24. The molecule has 5 rings (SSSR count). The van der Waals surface area contributed by atoms with E-state index in [4.69, 9.17) is 28.4 Å². The van der Waals surface area contributed by atoms with Gasteiger partial charge in [0.25, 0.3) is 0 Å². The van der Waals surface area contributed by atoms with Crippen LogP contribution >= 0.6 is 0 Å². The second-order valence-corrected chi connectivity index (χ2v) is 10.6. The highest BCUT2D eigenvalue weighted by Crippen LogP contribution is 2.36. The number of rotatable bonds is 8. The minimum Gasteiger partial charge on any atom is -0.394 e. The van der Waals surface area contributed by atoms with Crippen LogP contribution in [0.3, 0.4) is 0 Å². The van der Waals surface area contributed by atoms with E-state index in [0.29, 0.717) is 11.3 Å². The minimum atomic E-state index is -1.61. The average Bonchev–Trinajstić information content (AvgIpc) is 2.99. The molecule has 11 atom stereocenters. The lowest BCUT2D eigenvalue weighted by molar-refractivity contribution is -0.386. The first-order valence-electron chi connectivity index (χ1n) is 13.8. The Morgan fingerprint density at radius 1 is 0.952 bits per heavy atom. The van der Waals surface area contributed by atoms with E-state index in [1.54, 1.807) is 18.2 Å². The zero-order valence-corrected chi connectivity index (χ0v) is 23.2. The van der Waals surface area contributed by atoms with Crippen molar-refractivity contribution in [3.05, 3.63) is 65.2 Å². The van der Waals surface area contributed by atoms with Gasteiger partial charge in [0.05, 0.1) is 19.8 Å². The highest BCUT2D eigenvalue weighted by molar-refractivity contribution is 5.89. The normalized spacial score (nSPS) is 36.7. The Morgan fingerprint density at radius 2 is 1.69 bits per heavy atom. The van der Waals surface area contributed by atoms with Crippen LogP contribution in [0, 0.1) is 6.92 Å². The molecule has 13 nitrogen and oxygen atoms in total. The summed E-state index contributed by atoms with van der Waals surface area (Å²) in [6, 6.07) is 14.4. The van der Waals surface area contributed by atoms with Gasteiger partial charge >= 0.3 is 0 Å². The molecule has 0 aromatic heterocycles. The summed E-state index contributed by atoms with van der Waals surface area (Å²) in [5.41, 5.74) is 2.87. The summed E-state index contributed by atoms with van der Waals surface area (Å²) < 4.78 is 34.7. The highest BCUT2D eigenvalue weighted by atomic mass is 16.8. The van der Waals surface area contributed by atoms with Gasteiger partial charge < -0.3 is 59.3 Å². The number of ether oxygens (including phenoxy) is 6. The van der Waals surface area contributed by atoms with E-state index in [1.807, 2.05) is 37.3 Å². The molecule has 0 bridgehead atoms. The number of anilines is 1. The molecule has 0 radical (unpaired) electrons. The number of carbonyl (C=O) groups excluding carboxylic acids is 1. The molecule has 2 aromatic carbocycles. The maximum absolute atomic E-state index is 11.5. The van der Waals surface area contributed by atoms with Crippen LogP contribution in [0.2, 0.25) is 0 Å². The number of fused-ring (bicyclic) bond motifs is 1. The highest BCUT2D eigenvalue weighted by Gasteiger charge is 2.53. The second-order valence-electron chi connectivity index (χ2n) is 10.6. The molecule has 0 aliphatic carbocycles. The molecule has 3 heterocycles. The van der Waals surface area contributed by atoms with Crippen molar-refractivity contribution < 1.29 is 58.7 Å². The van der Waals surface area contributed by atoms with Crippen molar-refractivity contribution in [1.29, 1.82) is 0 Å². The predicted octanol–water partition coefficient (Wildman–Crippen LogP) is -0.145. The number of amides is 1. The van der Waals surface area contributed by atoms with E-state index in [1.165, 1.54) is 6.92 Å². The van der Waals surface area contributed by atoms with Gasteiger partial charge in [-0.05, 0) is 24.1 Å². The van der Waals surface area contributed by atoms with Gasteiger partial charge in [0.2, 0.25) is 5.91 Å². The number of hydrogen-bond acceptors (Lipinski definition) is 12. The molecule has 6 N–H and O–H groups in total. The first-order chi connectivity index (χ1) is 20.2. The van der Waals surface area contributed by atoms with Crippen molar-refractivity contribution in [2.24, 2.45) is 0 Å². The number of aliphatic hydroxyl groups excluding tert-OH is 5. The quantitative estimate of drug-likeness (QED) is 0.239.